The van der Waals surface area contributed by atoms with Gasteiger partial charge in [-0.3, -0.25) is 4.79 Å². The van der Waals surface area contributed by atoms with E-state index in [1.165, 1.54) is 25.7 Å². The zero-order valence-corrected chi connectivity index (χ0v) is 14.9. The smallest absolute Gasteiger partial charge is 0.303 e. The van der Waals surface area contributed by atoms with Gasteiger partial charge < -0.3 is 5.11 Å². The fourth-order valence-corrected chi connectivity index (χ4v) is 1.93. The van der Waals surface area contributed by atoms with Crippen molar-refractivity contribution in [2.45, 2.75) is 58.3 Å². The summed E-state index contributed by atoms with van der Waals surface area (Å²) in [5.41, 5.74) is 0. The second kappa shape index (κ2) is 19.0. The molecule has 24 heavy (non-hydrogen) atoms. The number of unbranched alkanes of at least 4 members (excludes halogenated alkanes) is 4. The summed E-state index contributed by atoms with van der Waals surface area (Å²) in [5, 5.41) is 8.48. The Labute approximate surface area is 147 Å². The fourth-order valence-electron chi connectivity index (χ4n) is 1.93. The van der Waals surface area contributed by atoms with Crippen molar-refractivity contribution >= 4 is 5.97 Å². The second-order valence-corrected chi connectivity index (χ2v) is 5.46. The van der Waals surface area contributed by atoms with Crippen molar-refractivity contribution < 1.29 is 9.90 Å². The van der Waals surface area contributed by atoms with E-state index in [0.717, 1.165) is 12.8 Å². The van der Waals surface area contributed by atoms with Gasteiger partial charge in [0, 0.05) is 6.42 Å². The molecule has 2 nitrogen and oxygen atoms in total. The number of hydrogen-bond acceptors (Lipinski definition) is 1. The molecule has 0 aliphatic carbocycles. The Morgan fingerprint density at radius 1 is 0.667 bits per heavy atom. The molecule has 0 amide bonds. The third-order valence-electron chi connectivity index (χ3n) is 3.22. The molecule has 0 aliphatic heterocycles. The minimum Gasteiger partial charge on any atom is -0.481 e. The highest BCUT2D eigenvalue weighted by Crippen LogP contribution is 2.04. The lowest BCUT2D eigenvalue weighted by atomic mass is 10.1. The summed E-state index contributed by atoms with van der Waals surface area (Å²) in [6, 6.07) is 0. The van der Waals surface area contributed by atoms with Crippen LogP contribution in [0.5, 0.6) is 0 Å². The van der Waals surface area contributed by atoms with Gasteiger partial charge in [-0.1, -0.05) is 86.3 Å². The average Bonchev–Trinajstić information content (AvgIpc) is 2.56. The molecule has 1 N–H and O–H groups in total. The minimum atomic E-state index is -0.758. The lowest BCUT2D eigenvalue weighted by Crippen LogP contribution is -1.91. The van der Waals surface area contributed by atoms with Crippen molar-refractivity contribution in [3.8, 4) is 0 Å². The van der Waals surface area contributed by atoms with Crippen LogP contribution in [0.4, 0.5) is 0 Å². The molecule has 0 radical (unpaired) electrons. The lowest BCUT2D eigenvalue weighted by molar-refractivity contribution is -0.136. The van der Waals surface area contributed by atoms with Crippen LogP contribution in [0, 0.1) is 0 Å². The number of carbonyl (C=O) groups is 1. The number of rotatable bonds is 14. The Bertz CT molecular complexity index is 462. The highest BCUT2D eigenvalue weighted by atomic mass is 16.4. The minimum absolute atomic E-state index is 0.186. The van der Waals surface area contributed by atoms with Gasteiger partial charge in [-0.05, 0) is 38.5 Å². The number of hydrogen-bond donors (Lipinski definition) is 1. The second-order valence-electron chi connectivity index (χ2n) is 5.46. The van der Waals surface area contributed by atoms with Gasteiger partial charge in [0.1, 0.15) is 0 Å². The first-order chi connectivity index (χ1) is 11.8. The van der Waals surface area contributed by atoms with Gasteiger partial charge in [-0.15, -0.1) is 0 Å². The van der Waals surface area contributed by atoms with Gasteiger partial charge in [-0.2, -0.15) is 0 Å². The van der Waals surface area contributed by atoms with Crippen molar-refractivity contribution in [1.29, 1.82) is 0 Å². The summed E-state index contributed by atoms with van der Waals surface area (Å²) in [6.45, 7) is 2.17. The third-order valence-corrected chi connectivity index (χ3v) is 3.22. The Balaban J connectivity index is 3.55. The van der Waals surface area contributed by atoms with Crippen molar-refractivity contribution in [1.82, 2.24) is 0 Å². The van der Waals surface area contributed by atoms with Gasteiger partial charge in [-0.25, -0.2) is 0 Å². The van der Waals surface area contributed by atoms with E-state index in [1.54, 1.807) is 0 Å². The first-order valence-corrected chi connectivity index (χ1v) is 8.95. The van der Waals surface area contributed by atoms with E-state index < -0.39 is 5.97 Å². The maximum atomic E-state index is 10.3. The molecular weight excluding hydrogens is 296 g/mol. The van der Waals surface area contributed by atoms with Crippen molar-refractivity contribution in [2.24, 2.45) is 0 Å². The topological polar surface area (TPSA) is 37.3 Å². The molecular formula is C22H32O2. The third kappa shape index (κ3) is 19.9. The molecule has 0 atom stereocenters. The van der Waals surface area contributed by atoms with Crippen LogP contribution >= 0.6 is 0 Å². The van der Waals surface area contributed by atoms with Gasteiger partial charge in [0.15, 0.2) is 0 Å². The van der Waals surface area contributed by atoms with Crippen LogP contribution in [0.2, 0.25) is 0 Å². The molecule has 0 aromatic rings. The molecule has 0 saturated carbocycles. The average molecular weight is 328 g/mol. The summed E-state index contributed by atoms with van der Waals surface area (Å²) in [5.74, 6) is -0.758. The van der Waals surface area contributed by atoms with Crippen LogP contribution in [0.1, 0.15) is 58.3 Å². The monoisotopic (exact) mass is 328 g/mol. The molecule has 0 unspecified atom stereocenters. The van der Waals surface area contributed by atoms with Crippen molar-refractivity contribution in [2.75, 3.05) is 0 Å². The van der Waals surface area contributed by atoms with Crippen LogP contribution in [-0.2, 0) is 4.79 Å². The SMILES string of the molecule is CC/C=C/CCCCC/C=C/C=C/C=C/C=C/C=C/CCC(=O)O. The van der Waals surface area contributed by atoms with Crippen molar-refractivity contribution in [3.05, 3.63) is 72.9 Å². The molecule has 2 heteroatoms. The van der Waals surface area contributed by atoms with E-state index in [-0.39, 0.29) is 6.42 Å². The van der Waals surface area contributed by atoms with Gasteiger partial charge in [0.2, 0.25) is 0 Å². The predicted molar refractivity (Wildman–Crippen MR) is 105 cm³/mol. The quantitative estimate of drug-likeness (QED) is 0.223. The molecule has 0 saturated heterocycles. The molecule has 0 bridgehead atoms. The van der Waals surface area contributed by atoms with Crippen molar-refractivity contribution in [3.63, 3.8) is 0 Å². The number of aliphatic carboxylic acids is 1. The van der Waals surface area contributed by atoms with E-state index in [4.69, 9.17) is 5.11 Å². The highest BCUT2D eigenvalue weighted by molar-refractivity contribution is 5.66. The molecule has 0 aromatic heterocycles. The summed E-state index contributed by atoms with van der Waals surface area (Å²) >= 11 is 0. The highest BCUT2D eigenvalue weighted by Gasteiger charge is 1.90. The summed E-state index contributed by atoms with van der Waals surface area (Å²) in [7, 11) is 0. The Kier molecular flexibility index (Phi) is 17.3. The van der Waals surface area contributed by atoms with Crippen LogP contribution in [0.15, 0.2) is 72.9 Å². The number of carboxylic acids is 1. The molecule has 0 aliphatic rings. The molecule has 0 aromatic carbocycles. The Morgan fingerprint density at radius 3 is 1.71 bits per heavy atom. The first-order valence-electron chi connectivity index (χ1n) is 8.95. The normalized spacial score (nSPS) is 13.0. The molecule has 0 rings (SSSR count). The predicted octanol–water partition coefficient (Wildman–Crippen LogP) is 6.55. The van der Waals surface area contributed by atoms with Gasteiger partial charge >= 0.3 is 5.97 Å². The van der Waals surface area contributed by atoms with E-state index >= 15 is 0 Å². The van der Waals surface area contributed by atoms with Crippen LogP contribution in [-0.4, -0.2) is 11.1 Å². The van der Waals surface area contributed by atoms with Crippen LogP contribution in [0.3, 0.4) is 0 Å². The fraction of sp³-hybridized carbons (Fsp3) is 0.409. The van der Waals surface area contributed by atoms with Gasteiger partial charge in [0.05, 0.1) is 0 Å². The zero-order valence-electron chi connectivity index (χ0n) is 14.9. The molecule has 0 fully saturated rings. The summed E-state index contributed by atoms with van der Waals surface area (Å²) < 4.78 is 0. The maximum Gasteiger partial charge on any atom is 0.303 e. The first kappa shape index (κ1) is 21.9. The molecule has 0 heterocycles. The molecule has 0 spiro atoms. The zero-order chi connectivity index (χ0) is 17.7. The standard InChI is InChI=1S/C22H32O2/c1-2-3-4-5-6-7-8-9-10-11-12-13-14-15-16-17-18-19-20-21-22(23)24/h3-4,10-19H,2,5-9,20-21H2,1H3,(H,23,24)/b4-3+,11-10+,13-12+,15-14+,17-16+,19-18+. The lowest BCUT2D eigenvalue weighted by Gasteiger charge is -1.94. The largest absolute Gasteiger partial charge is 0.481 e. The van der Waals surface area contributed by atoms with E-state index in [2.05, 4.69) is 31.2 Å². The van der Waals surface area contributed by atoms with Gasteiger partial charge in [0.25, 0.3) is 0 Å². The number of allylic oxidation sites excluding steroid dienone is 12. The number of carboxylic acid groups (broad SMARTS) is 1. The Morgan fingerprint density at radius 2 is 1.17 bits per heavy atom. The van der Waals surface area contributed by atoms with Crippen LogP contribution < -0.4 is 0 Å². The summed E-state index contributed by atoms with van der Waals surface area (Å²) in [6.07, 6.45) is 32.5. The summed E-state index contributed by atoms with van der Waals surface area (Å²) in [4.78, 5) is 10.3. The van der Waals surface area contributed by atoms with Crippen LogP contribution in [0.25, 0.3) is 0 Å². The van der Waals surface area contributed by atoms with E-state index in [0.29, 0.717) is 6.42 Å². The maximum absolute atomic E-state index is 10.3. The Hall–Kier alpha value is -2.09. The van der Waals surface area contributed by atoms with E-state index in [1.807, 2.05) is 48.6 Å². The molecule has 132 valence electrons. The van der Waals surface area contributed by atoms with E-state index in [9.17, 15) is 4.79 Å².